The molecule has 0 spiro atoms. The van der Waals surface area contributed by atoms with Crippen LogP contribution in [0.1, 0.15) is 18.1 Å². The number of hydrogen-bond acceptors (Lipinski definition) is 2. The highest BCUT2D eigenvalue weighted by atomic mass is 19.4. The minimum atomic E-state index is -5.44. The molecule has 2 aromatic carbocycles. The van der Waals surface area contributed by atoms with Crippen molar-refractivity contribution < 1.29 is 49.0 Å². The molecule has 0 saturated carbocycles. The fourth-order valence-electron chi connectivity index (χ4n) is 2.12. The Balaban J connectivity index is 2.39. The number of halogens is 9. The zero-order valence-electron chi connectivity index (χ0n) is 13.2. The summed E-state index contributed by atoms with van der Waals surface area (Å²) in [6.07, 6.45) is -10.0. The molecule has 2 rings (SSSR count). The van der Waals surface area contributed by atoms with E-state index >= 15 is 0 Å². The fourth-order valence-corrected chi connectivity index (χ4v) is 2.12. The van der Waals surface area contributed by atoms with Gasteiger partial charge in [0.1, 0.15) is 22.9 Å². The molecule has 2 nitrogen and oxygen atoms in total. The monoisotopic (exact) mass is 404 g/mol. The zero-order valence-corrected chi connectivity index (χ0v) is 13.2. The van der Waals surface area contributed by atoms with Gasteiger partial charge < -0.3 is 9.47 Å². The van der Waals surface area contributed by atoms with Crippen LogP contribution in [0.25, 0.3) is 0 Å². The molecule has 2 aromatic rings. The summed E-state index contributed by atoms with van der Waals surface area (Å²) in [5, 5.41) is 0. The van der Waals surface area contributed by atoms with E-state index in [2.05, 4.69) is 9.47 Å². The van der Waals surface area contributed by atoms with Crippen molar-refractivity contribution in [3.05, 3.63) is 58.7 Å². The Kier molecular flexibility index (Phi) is 5.52. The molecule has 0 N–H and O–H groups in total. The molecule has 0 aliphatic heterocycles. The van der Waals surface area contributed by atoms with Gasteiger partial charge in [-0.15, -0.1) is 13.2 Å². The van der Waals surface area contributed by atoms with Crippen LogP contribution >= 0.6 is 0 Å². The van der Waals surface area contributed by atoms with Crippen LogP contribution in [0.5, 0.6) is 11.5 Å². The Bertz CT molecular complexity index is 800. The van der Waals surface area contributed by atoms with Crippen molar-refractivity contribution in [2.75, 3.05) is 0 Å². The van der Waals surface area contributed by atoms with E-state index in [9.17, 15) is 39.5 Å². The van der Waals surface area contributed by atoms with Crippen LogP contribution in [-0.4, -0.2) is 6.36 Å². The van der Waals surface area contributed by atoms with Crippen molar-refractivity contribution in [3.63, 3.8) is 0 Å². The molecule has 27 heavy (non-hydrogen) atoms. The third-order valence-electron chi connectivity index (χ3n) is 3.24. The van der Waals surface area contributed by atoms with Crippen molar-refractivity contribution in [2.24, 2.45) is 0 Å². The van der Waals surface area contributed by atoms with Crippen LogP contribution < -0.4 is 9.47 Å². The molecule has 148 valence electrons. The lowest BCUT2D eigenvalue weighted by molar-refractivity contribution is -0.276. The van der Waals surface area contributed by atoms with Crippen molar-refractivity contribution >= 4 is 0 Å². The summed E-state index contributed by atoms with van der Waals surface area (Å²) >= 11 is 0. The number of ether oxygens (including phenoxy) is 2. The van der Waals surface area contributed by atoms with E-state index in [1.165, 1.54) is 6.92 Å². The standard InChI is InChI=1S/C16H9F9O2/c1-2-7-3-9(17)13(10(18)4-7)15(21,22)26-8-5-11(19)14(12(20)6-8)27-16(23,24)25/h3-6H,2H2,1H3. The Morgan fingerprint density at radius 3 is 1.63 bits per heavy atom. The number of aryl methyl sites for hydroxylation is 1. The van der Waals surface area contributed by atoms with Gasteiger partial charge in [0, 0.05) is 12.1 Å². The van der Waals surface area contributed by atoms with Gasteiger partial charge in [0.2, 0.25) is 5.75 Å². The molecular weight excluding hydrogens is 395 g/mol. The molecule has 11 heteroatoms. The molecule has 0 aromatic heterocycles. The summed E-state index contributed by atoms with van der Waals surface area (Å²) in [5.41, 5.74) is -1.76. The Morgan fingerprint density at radius 1 is 0.741 bits per heavy atom. The molecule has 0 heterocycles. The Morgan fingerprint density at radius 2 is 1.22 bits per heavy atom. The first-order chi connectivity index (χ1) is 12.3. The van der Waals surface area contributed by atoms with Gasteiger partial charge in [-0.05, 0) is 24.1 Å². The van der Waals surface area contributed by atoms with E-state index in [0.29, 0.717) is 12.1 Å². The number of alkyl halides is 5. The topological polar surface area (TPSA) is 18.5 Å². The van der Waals surface area contributed by atoms with Gasteiger partial charge in [-0.3, -0.25) is 0 Å². The summed E-state index contributed by atoms with van der Waals surface area (Å²) in [5.74, 6) is -10.6. The lowest BCUT2D eigenvalue weighted by Crippen LogP contribution is -2.25. The summed E-state index contributed by atoms with van der Waals surface area (Å²) < 4.78 is 126. The molecule has 0 amide bonds. The quantitative estimate of drug-likeness (QED) is 0.584. The van der Waals surface area contributed by atoms with E-state index in [4.69, 9.17) is 0 Å². The van der Waals surface area contributed by atoms with Gasteiger partial charge >= 0.3 is 12.5 Å². The van der Waals surface area contributed by atoms with Crippen molar-refractivity contribution in [2.45, 2.75) is 25.8 Å². The Labute approximate surface area is 146 Å². The van der Waals surface area contributed by atoms with Crippen LogP contribution in [0.15, 0.2) is 24.3 Å². The molecule has 0 saturated heterocycles. The molecular formula is C16H9F9O2. The summed E-state index contributed by atoms with van der Waals surface area (Å²) in [6, 6.07) is 1.15. The lowest BCUT2D eigenvalue weighted by Gasteiger charge is -2.20. The van der Waals surface area contributed by atoms with Crippen molar-refractivity contribution in [1.29, 1.82) is 0 Å². The largest absolute Gasteiger partial charge is 0.573 e. The molecule has 0 aliphatic rings. The first-order valence-electron chi connectivity index (χ1n) is 7.14. The second kappa shape index (κ2) is 7.20. The van der Waals surface area contributed by atoms with Crippen LogP contribution in [0.2, 0.25) is 0 Å². The minimum Gasteiger partial charge on any atom is -0.429 e. The fraction of sp³-hybridized carbons (Fsp3) is 0.250. The highest BCUT2D eigenvalue weighted by molar-refractivity contribution is 5.36. The highest BCUT2D eigenvalue weighted by Crippen LogP contribution is 2.38. The summed E-state index contributed by atoms with van der Waals surface area (Å²) in [6.45, 7) is 1.51. The van der Waals surface area contributed by atoms with Crippen LogP contribution in [0, 0.1) is 23.3 Å². The molecule has 0 radical (unpaired) electrons. The van der Waals surface area contributed by atoms with Crippen LogP contribution in [-0.2, 0) is 12.5 Å². The maximum Gasteiger partial charge on any atom is 0.573 e. The average molecular weight is 404 g/mol. The second-order valence-electron chi connectivity index (χ2n) is 5.17. The highest BCUT2D eigenvalue weighted by Gasteiger charge is 2.42. The summed E-state index contributed by atoms with van der Waals surface area (Å²) in [4.78, 5) is 0. The zero-order chi connectivity index (χ0) is 20.6. The van der Waals surface area contributed by atoms with E-state index in [1.54, 1.807) is 0 Å². The van der Waals surface area contributed by atoms with Gasteiger partial charge in [0.05, 0.1) is 0 Å². The predicted molar refractivity (Wildman–Crippen MR) is 73.3 cm³/mol. The number of benzene rings is 2. The van der Waals surface area contributed by atoms with Gasteiger partial charge in [-0.2, -0.15) is 8.78 Å². The SMILES string of the molecule is CCc1cc(F)c(C(F)(F)Oc2cc(F)c(OC(F)(F)F)c(F)c2)c(F)c1. The smallest absolute Gasteiger partial charge is 0.429 e. The van der Waals surface area contributed by atoms with Gasteiger partial charge in [0.25, 0.3) is 0 Å². The maximum absolute atomic E-state index is 14.1. The van der Waals surface area contributed by atoms with Crippen molar-refractivity contribution in [1.82, 2.24) is 0 Å². The van der Waals surface area contributed by atoms with Crippen LogP contribution in [0.3, 0.4) is 0 Å². The third kappa shape index (κ3) is 4.77. The molecule has 0 fully saturated rings. The minimum absolute atomic E-state index is 0.0473. The normalized spacial score (nSPS) is 12.2. The molecule has 0 atom stereocenters. The lowest BCUT2D eigenvalue weighted by atomic mass is 10.1. The van der Waals surface area contributed by atoms with E-state index in [-0.39, 0.29) is 24.1 Å². The van der Waals surface area contributed by atoms with Gasteiger partial charge in [0.15, 0.2) is 11.6 Å². The number of rotatable bonds is 5. The van der Waals surface area contributed by atoms with Crippen LogP contribution in [0.4, 0.5) is 39.5 Å². The van der Waals surface area contributed by atoms with E-state index in [0.717, 1.165) is 0 Å². The second-order valence-corrected chi connectivity index (χ2v) is 5.17. The van der Waals surface area contributed by atoms with Crippen molar-refractivity contribution in [3.8, 4) is 11.5 Å². The van der Waals surface area contributed by atoms with Gasteiger partial charge in [-0.1, -0.05) is 6.92 Å². The molecule has 0 bridgehead atoms. The number of hydrogen-bond donors (Lipinski definition) is 0. The molecule has 0 aliphatic carbocycles. The third-order valence-corrected chi connectivity index (χ3v) is 3.24. The molecule has 0 unspecified atom stereocenters. The van der Waals surface area contributed by atoms with E-state index < -0.39 is 52.8 Å². The first-order valence-corrected chi connectivity index (χ1v) is 7.14. The summed E-state index contributed by atoms with van der Waals surface area (Å²) in [7, 11) is 0. The maximum atomic E-state index is 14.1. The van der Waals surface area contributed by atoms with Gasteiger partial charge in [-0.25, -0.2) is 17.6 Å². The van der Waals surface area contributed by atoms with E-state index in [1.807, 2.05) is 0 Å². The first kappa shape index (κ1) is 20.7. The Hall–Kier alpha value is -2.59. The predicted octanol–water partition coefficient (Wildman–Crippen LogP) is 5.83. The average Bonchev–Trinajstić information content (AvgIpc) is 2.48.